The number of hydrogen-bond acceptors (Lipinski definition) is 3. The number of rotatable bonds is 5. The van der Waals surface area contributed by atoms with Gasteiger partial charge in [-0.3, -0.25) is 0 Å². The Balaban J connectivity index is 2.18. The van der Waals surface area contributed by atoms with Crippen molar-refractivity contribution in [1.29, 1.82) is 0 Å². The first-order chi connectivity index (χ1) is 8.33. The normalized spacial score (nSPS) is 14.1. The van der Waals surface area contributed by atoms with Gasteiger partial charge < -0.3 is 9.47 Å². The summed E-state index contributed by atoms with van der Waals surface area (Å²) in [7, 11) is 0. The molecule has 17 heavy (non-hydrogen) atoms. The van der Waals surface area contributed by atoms with Crippen LogP contribution in [0, 0.1) is 0 Å². The van der Waals surface area contributed by atoms with E-state index in [0.29, 0.717) is 6.79 Å². The fourth-order valence-electron chi connectivity index (χ4n) is 1.81. The second-order valence-corrected chi connectivity index (χ2v) is 5.30. The van der Waals surface area contributed by atoms with E-state index in [-0.39, 0.29) is 0 Å². The van der Waals surface area contributed by atoms with Gasteiger partial charge in [-0.2, -0.15) is 0 Å². The van der Waals surface area contributed by atoms with Gasteiger partial charge in [0, 0.05) is 0 Å². The van der Waals surface area contributed by atoms with Crippen molar-refractivity contribution in [3.63, 3.8) is 0 Å². The molecular weight excluding hydrogens is 232 g/mol. The Morgan fingerprint density at radius 3 is 2.88 bits per heavy atom. The minimum Gasteiger partial charge on any atom is -0.454 e. The molecule has 0 aromatic heterocycles. The molecule has 0 spiro atoms. The molecule has 0 amide bonds. The van der Waals surface area contributed by atoms with Gasteiger partial charge in [0.15, 0.2) is 11.5 Å². The summed E-state index contributed by atoms with van der Waals surface area (Å²) < 4.78 is 10.7. The van der Waals surface area contributed by atoms with Gasteiger partial charge in [0.2, 0.25) is 6.79 Å². The molecule has 0 saturated carbocycles. The molecule has 0 fully saturated rings. The fourth-order valence-corrected chi connectivity index (χ4v) is 2.75. The lowest BCUT2D eigenvalue weighted by atomic mass is 10.1. The standard InChI is InChI=1S/C14H18O2S/c1-3-5-12(17-4-2)8-11-6-7-13-14(9-11)16-10-15-13/h6-9H,3-5,10H2,1-2H3/b12-8+. The van der Waals surface area contributed by atoms with Gasteiger partial charge in [-0.25, -0.2) is 0 Å². The molecule has 2 nitrogen and oxygen atoms in total. The summed E-state index contributed by atoms with van der Waals surface area (Å²) in [5, 5.41) is 0. The maximum atomic E-state index is 5.38. The molecule has 1 aromatic carbocycles. The van der Waals surface area contributed by atoms with Crippen LogP contribution in [0.2, 0.25) is 0 Å². The highest BCUT2D eigenvalue weighted by atomic mass is 32.2. The topological polar surface area (TPSA) is 18.5 Å². The molecule has 1 aliphatic heterocycles. The maximum Gasteiger partial charge on any atom is 0.231 e. The molecule has 0 unspecified atom stereocenters. The average Bonchev–Trinajstić information content (AvgIpc) is 2.77. The lowest BCUT2D eigenvalue weighted by Crippen LogP contribution is -1.92. The molecule has 3 heteroatoms. The number of hydrogen-bond donors (Lipinski definition) is 0. The van der Waals surface area contributed by atoms with Gasteiger partial charge >= 0.3 is 0 Å². The van der Waals surface area contributed by atoms with E-state index in [1.54, 1.807) is 0 Å². The highest BCUT2D eigenvalue weighted by Crippen LogP contribution is 2.34. The van der Waals surface area contributed by atoms with Gasteiger partial charge in [-0.05, 0) is 40.9 Å². The van der Waals surface area contributed by atoms with Gasteiger partial charge in [0.05, 0.1) is 0 Å². The Labute approximate surface area is 107 Å². The van der Waals surface area contributed by atoms with Crippen LogP contribution in [0.3, 0.4) is 0 Å². The van der Waals surface area contributed by atoms with Crippen LogP contribution in [-0.2, 0) is 0 Å². The molecule has 0 bridgehead atoms. The molecule has 0 saturated heterocycles. The molecule has 1 heterocycles. The van der Waals surface area contributed by atoms with E-state index < -0.39 is 0 Å². The number of benzene rings is 1. The number of thioether (sulfide) groups is 1. The third-order valence-corrected chi connectivity index (χ3v) is 3.53. The largest absolute Gasteiger partial charge is 0.454 e. The second-order valence-electron chi connectivity index (χ2n) is 3.91. The summed E-state index contributed by atoms with van der Waals surface area (Å²) in [6.07, 6.45) is 4.58. The van der Waals surface area contributed by atoms with Crippen LogP contribution in [0.15, 0.2) is 23.1 Å². The first-order valence-corrected chi connectivity index (χ1v) is 7.05. The van der Waals surface area contributed by atoms with Crippen LogP contribution in [0.5, 0.6) is 11.5 Å². The van der Waals surface area contributed by atoms with Crippen molar-refractivity contribution >= 4 is 17.8 Å². The Morgan fingerprint density at radius 2 is 2.12 bits per heavy atom. The molecular formula is C14H18O2S. The monoisotopic (exact) mass is 250 g/mol. The van der Waals surface area contributed by atoms with Crippen molar-refractivity contribution in [3.8, 4) is 11.5 Å². The minimum atomic E-state index is 0.341. The lowest BCUT2D eigenvalue weighted by molar-refractivity contribution is 0.174. The Morgan fingerprint density at radius 1 is 1.29 bits per heavy atom. The van der Waals surface area contributed by atoms with E-state index in [4.69, 9.17) is 9.47 Å². The third kappa shape index (κ3) is 3.19. The van der Waals surface area contributed by atoms with E-state index in [1.807, 2.05) is 23.9 Å². The van der Waals surface area contributed by atoms with E-state index in [0.717, 1.165) is 23.7 Å². The summed E-state index contributed by atoms with van der Waals surface area (Å²) in [6.45, 7) is 4.74. The zero-order valence-corrected chi connectivity index (χ0v) is 11.2. The quantitative estimate of drug-likeness (QED) is 0.776. The number of ether oxygens (including phenoxy) is 2. The van der Waals surface area contributed by atoms with Crippen molar-refractivity contribution < 1.29 is 9.47 Å². The number of allylic oxidation sites excluding steroid dienone is 1. The molecule has 1 aliphatic rings. The van der Waals surface area contributed by atoms with Crippen LogP contribution in [0.4, 0.5) is 0 Å². The SMILES string of the molecule is CCC/C(=C\c1ccc2c(c1)OCO2)SCC. The first-order valence-electron chi connectivity index (χ1n) is 6.06. The van der Waals surface area contributed by atoms with Crippen LogP contribution >= 0.6 is 11.8 Å². The highest BCUT2D eigenvalue weighted by Gasteiger charge is 2.12. The van der Waals surface area contributed by atoms with Crippen molar-refractivity contribution in [2.24, 2.45) is 0 Å². The molecule has 92 valence electrons. The summed E-state index contributed by atoms with van der Waals surface area (Å²) in [4.78, 5) is 1.44. The van der Waals surface area contributed by atoms with Gasteiger partial charge in [0.25, 0.3) is 0 Å². The Kier molecular flexibility index (Phi) is 4.37. The van der Waals surface area contributed by atoms with Crippen LogP contribution in [0.25, 0.3) is 6.08 Å². The van der Waals surface area contributed by atoms with Crippen LogP contribution < -0.4 is 9.47 Å². The fraction of sp³-hybridized carbons (Fsp3) is 0.429. The van der Waals surface area contributed by atoms with E-state index in [2.05, 4.69) is 26.0 Å². The van der Waals surface area contributed by atoms with E-state index in [9.17, 15) is 0 Å². The highest BCUT2D eigenvalue weighted by molar-refractivity contribution is 8.03. The molecule has 0 atom stereocenters. The third-order valence-electron chi connectivity index (χ3n) is 2.55. The van der Waals surface area contributed by atoms with Crippen molar-refractivity contribution in [2.45, 2.75) is 26.7 Å². The summed E-state index contributed by atoms with van der Waals surface area (Å²) in [5.41, 5.74) is 1.19. The lowest BCUT2D eigenvalue weighted by Gasteiger charge is -2.04. The minimum absolute atomic E-state index is 0.341. The predicted octanol–water partition coefficient (Wildman–Crippen LogP) is 4.31. The predicted molar refractivity (Wildman–Crippen MR) is 73.6 cm³/mol. The molecule has 2 rings (SSSR count). The Bertz CT molecular complexity index is 405. The first kappa shape index (κ1) is 12.4. The zero-order valence-electron chi connectivity index (χ0n) is 10.4. The van der Waals surface area contributed by atoms with Crippen molar-refractivity contribution in [2.75, 3.05) is 12.5 Å². The maximum absolute atomic E-state index is 5.38. The zero-order chi connectivity index (χ0) is 12.1. The molecule has 0 radical (unpaired) electrons. The van der Waals surface area contributed by atoms with E-state index >= 15 is 0 Å². The summed E-state index contributed by atoms with van der Waals surface area (Å²) in [6, 6.07) is 6.11. The smallest absolute Gasteiger partial charge is 0.231 e. The molecule has 0 N–H and O–H groups in total. The van der Waals surface area contributed by atoms with E-state index in [1.165, 1.54) is 16.9 Å². The number of fused-ring (bicyclic) bond motifs is 1. The summed E-state index contributed by atoms with van der Waals surface area (Å²) in [5.74, 6) is 2.83. The average molecular weight is 250 g/mol. The van der Waals surface area contributed by atoms with Crippen molar-refractivity contribution in [1.82, 2.24) is 0 Å². The van der Waals surface area contributed by atoms with Gasteiger partial charge in [-0.15, -0.1) is 11.8 Å². The molecule has 0 aliphatic carbocycles. The van der Waals surface area contributed by atoms with Crippen LogP contribution in [-0.4, -0.2) is 12.5 Å². The summed E-state index contributed by atoms with van der Waals surface area (Å²) >= 11 is 1.92. The van der Waals surface area contributed by atoms with Crippen LogP contribution in [0.1, 0.15) is 32.3 Å². The van der Waals surface area contributed by atoms with Gasteiger partial charge in [-0.1, -0.05) is 26.3 Å². The van der Waals surface area contributed by atoms with Gasteiger partial charge in [0.1, 0.15) is 0 Å². The molecule has 1 aromatic rings. The second kappa shape index (κ2) is 6.01. The van der Waals surface area contributed by atoms with Crippen molar-refractivity contribution in [3.05, 3.63) is 28.7 Å². The Hall–Kier alpha value is -1.09.